The number of carboxylic acids is 1. The maximum absolute atomic E-state index is 11.4. The summed E-state index contributed by atoms with van der Waals surface area (Å²) < 4.78 is 0. The van der Waals surface area contributed by atoms with E-state index in [9.17, 15) is 9.90 Å². The Hall–Kier alpha value is -1.16. The van der Waals surface area contributed by atoms with E-state index in [0.29, 0.717) is 5.56 Å². The molecule has 0 heterocycles. The van der Waals surface area contributed by atoms with Crippen LogP contribution in [0.5, 0.6) is 0 Å². The monoisotopic (exact) mass is 267 g/mol. The Morgan fingerprint density at radius 3 is 2.44 bits per heavy atom. The van der Waals surface area contributed by atoms with Crippen molar-refractivity contribution in [1.29, 1.82) is 0 Å². The molecule has 100 valence electrons. The third kappa shape index (κ3) is 3.67. The number of carbonyl (C=O) groups is 1. The maximum atomic E-state index is 11.4. The number of benzene rings is 1. The van der Waals surface area contributed by atoms with Crippen molar-refractivity contribution in [2.45, 2.75) is 25.7 Å². The summed E-state index contributed by atoms with van der Waals surface area (Å²) in [6, 6.07) is 5.63. The molecular formula is C14H21NO2S. The molecule has 0 aliphatic rings. The summed E-state index contributed by atoms with van der Waals surface area (Å²) in [6.07, 6.45) is 1.90. The van der Waals surface area contributed by atoms with Crippen LogP contribution in [0, 0.1) is 5.41 Å². The fourth-order valence-corrected chi connectivity index (χ4v) is 2.63. The van der Waals surface area contributed by atoms with E-state index in [4.69, 9.17) is 0 Å². The van der Waals surface area contributed by atoms with Crippen molar-refractivity contribution >= 4 is 23.4 Å². The van der Waals surface area contributed by atoms with E-state index >= 15 is 0 Å². The van der Waals surface area contributed by atoms with E-state index in [1.165, 1.54) is 11.8 Å². The molecule has 1 aromatic carbocycles. The molecule has 0 saturated carbocycles. The maximum Gasteiger partial charge on any atom is 0.338 e. The number of anilines is 1. The summed E-state index contributed by atoms with van der Waals surface area (Å²) >= 11 is 1.47. The SMILES string of the molecule is CSc1cccc(N(C)CC(C)(C)C)c1C(=O)O. The summed E-state index contributed by atoms with van der Waals surface area (Å²) in [5, 5.41) is 9.38. The Morgan fingerprint density at radius 1 is 1.39 bits per heavy atom. The van der Waals surface area contributed by atoms with E-state index in [1.807, 2.05) is 36.4 Å². The third-order valence-corrected chi connectivity index (χ3v) is 3.34. The van der Waals surface area contributed by atoms with Crippen LogP contribution in [0.25, 0.3) is 0 Å². The molecule has 0 aliphatic heterocycles. The number of thioether (sulfide) groups is 1. The zero-order valence-electron chi connectivity index (χ0n) is 11.7. The van der Waals surface area contributed by atoms with Gasteiger partial charge >= 0.3 is 5.97 Å². The molecule has 0 saturated heterocycles. The lowest BCUT2D eigenvalue weighted by Crippen LogP contribution is -2.30. The topological polar surface area (TPSA) is 40.5 Å². The number of hydrogen-bond acceptors (Lipinski definition) is 3. The summed E-state index contributed by atoms with van der Waals surface area (Å²) in [7, 11) is 1.94. The Labute approximate surface area is 113 Å². The van der Waals surface area contributed by atoms with Gasteiger partial charge in [-0.15, -0.1) is 11.8 Å². The minimum atomic E-state index is -0.865. The average molecular weight is 267 g/mol. The molecule has 0 aliphatic carbocycles. The highest BCUT2D eigenvalue weighted by molar-refractivity contribution is 7.98. The number of hydrogen-bond donors (Lipinski definition) is 1. The number of nitrogens with zero attached hydrogens (tertiary/aromatic N) is 1. The summed E-state index contributed by atoms with van der Waals surface area (Å²) in [5.74, 6) is -0.865. The van der Waals surface area contributed by atoms with Gasteiger partial charge in [0.15, 0.2) is 0 Å². The molecule has 0 radical (unpaired) electrons. The molecule has 0 bridgehead atoms. The first kappa shape index (κ1) is 14.9. The molecule has 18 heavy (non-hydrogen) atoms. The molecule has 4 heteroatoms. The van der Waals surface area contributed by atoms with Crippen molar-refractivity contribution in [3.05, 3.63) is 23.8 Å². The third-order valence-electron chi connectivity index (χ3n) is 2.56. The van der Waals surface area contributed by atoms with Crippen molar-refractivity contribution < 1.29 is 9.90 Å². The van der Waals surface area contributed by atoms with Crippen LogP contribution < -0.4 is 4.90 Å². The van der Waals surface area contributed by atoms with Crippen LogP contribution in [0.4, 0.5) is 5.69 Å². The van der Waals surface area contributed by atoms with Gasteiger partial charge in [0.25, 0.3) is 0 Å². The smallest absolute Gasteiger partial charge is 0.338 e. The number of aromatic carboxylic acids is 1. The summed E-state index contributed by atoms with van der Waals surface area (Å²) in [6.45, 7) is 7.23. The largest absolute Gasteiger partial charge is 0.478 e. The lowest BCUT2D eigenvalue weighted by Gasteiger charge is -2.29. The highest BCUT2D eigenvalue weighted by Gasteiger charge is 2.20. The van der Waals surface area contributed by atoms with Gasteiger partial charge < -0.3 is 10.0 Å². The Kier molecular flexibility index (Phi) is 4.68. The average Bonchev–Trinajstić information content (AvgIpc) is 2.25. The van der Waals surface area contributed by atoms with Crippen LogP contribution >= 0.6 is 11.8 Å². The molecule has 0 fully saturated rings. The Balaban J connectivity index is 3.19. The zero-order chi connectivity index (χ0) is 13.9. The van der Waals surface area contributed by atoms with Gasteiger partial charge in [0.1, 0.15) is 0 Å². The summed E-state index contributed by atoms with van der Waals surface area (Å²) in [4.78, 5) is 14.3. The predicted octanol–water partition coefficient (Wildman–Crippen LogP) is 3.59. The highest BCUT2D eigenvalue weighted by atomic mass is 32.2. The zero-order valence-corrected chi connectivity index (χ0v) is 12.5. The van der Waals surface area contributed by atoms with Gasteiger partial charge in [-0.25, -0.2) is 4.79 Å². The number of rotatable bonds is 4. The quantitative estimate of drug-likeness (QED) is 0.846. The van der Waals surface area contributed by atoms with Gasteiger partial charge in [0.2, 0.25) is 0 Å². The molecule has 1 rings (SSSR count). The normalized spacial score (nSPS) is 11.4. The molecule has 3 nitrogen and oxygen atoms in total. The van der Waals surface area contributed by atoms with E-state index in [2.05, 4.69) is 20.8 Å². The lowest BCUT2D eigenvalue weighted by atomic mass is 9.95. The minimum Gasteiger partial charge on any atom is -0.478 e. The fourth-order valence-electron chi connectivity index (χ4n) is 2.02. The Morgan fingerprint density at radius 2 is 2.00 bits per heavy atom. The molecule has 0 amide bonds. The first-order chi connectivity index (χ1) is 8.26. The van der Waals surface area contributed by atoms with Crippen molar-refractivity contribution in [3.63, 3.8) is 0 Å². The molecule has 0 atom stereocenters. The Bertz CT molecular complexity index is 438. The summed E-state index contributed by atoms with van der Waals surface area (Å²) in [5.41, 5.74) is 1.31. The van der Waals surface area contributed by atoms with Crippen LogP contribution in [-0.4, -0.2) is 30.9 Å². The molecule has 1 N–H and O–H groups in total. The van der Waals surface area contributed by atoms with Crippen LogP contribution in [-0.2, 0) is 0 Å². The van der Waals surface area contributed by atoms with E-state index in [-0.39, 0.29) is 5.41 Å². The van der Waals surface area contributed by atoms with Gasteiger partial charge in [0.05, 0.1) is 11.3 Å². The molecule has 1 aromatic rings. The molecule has 0 unspecified atom stereocenters. The second-order valence-corrected chi connectivity index (χ2v) is 6.42. The second-order valence-electron chi connectivity index (χ2n) is 5.58. The van der Waals surface area contributed by atoms with Gasteiger partial charge in [0, 0.05) is 18.5 Å². The first-order valence-electron chi connectivity index (χ1n) is 5.87. The molecule has 0 spiro atoms. The first-order valence-corrected chi connectivity index (χ1v) is 7.10. The van der Waals surface area contributed by atoms with Crippen LogP contribution in [0.3, 0.4) is 0 Å². The second kappa shape index (κ2) is 5.65. The van der Waals surface area contributed by atoms with E-state index in [1.54, 1.807) is 0 Å². The van der Waals surface area contributed by atoms with Crippen LogP contribution in [0.15, 0.2) is 23.1 Å². The van der Waals surface area contributed by atoms with E-state index < -0.39 is 5.97 Å². The van der Waals surface area contributed by atoms with Crippen molar-refractivity contribution in [2.75, 3.05) is 24.7 Å². The highest BCUT2D eigenvalue weighted by Crippen LogP contribution is 2.30. The lowest BCUT2D eigenvalue weighted by molar-refractivity contribution is 0.0693. The van der Waals surface area contributed by atoms with Gasteiger partial charge in [-0.05, 0) is 23.8 Å². The van der Waals surface area contributed by atoms with Crippen LogP contribution in [0.2, 0.25) is 0 Å². The minimum absolute atomic E-state index is 0.125. The van der Waals surface area contributed by atoms with Crippen molar-refractivity contribution in [2.24, 2.45) is 5.41 Å². The molecular weight excluding hydrogens is 246 g/mol. The van der Waals surface area contributed by atoms with Gasteiger partial charge in [-0.2, -0.15) is 0 Å². The standard InChI is InChI=1S/C14H21NO2S/c1-14(2,3)9-15(4)10-7-6-8-11(18-5)12(10)13(16)17/h6-8H,9H2,1-5H3,(H,16,17). The number of carboxylic acid groups (broad SMARTS) is 1. The van der Waals surface area contributed by atoms with Crippen LogP contribution in [0.1, 0.15) is 31.1 Å². The van der Waals surface area contributed by atoms with Crippen molar-refractivity contribution in [3.8, 4) is 0 Å². The van der Waals surface area contributed by atoms with Gasteiger partial charge in [-0.3, -0.25) is 0 Å². The fraction of sp³-hybridized carbons (Fsp3) is 0.500. The van der Waals surface area contributed by atoms with E-state index in [0.717, 1.165) is 17.1 Å². The molecule has 0 aromatic heterocycles. The predicted molar refractivity (Wildman–Crippen MR) is 77.9 cm³/mol. The van der Waals surface area contributed by atoms with Crippen molar-refractivity contribution in [1.82, 2.24) is 0 Å². The van der Waals surface area contributed by atoms with Gasteiger partial charge in [-0.1, -0.05) is 26.8 Å².